The lowest BCUT2D eigenvalue weighted by atomic mass is 9.99. The van der Waals surface area contributed by atoms with Crippen LogP contribution < -0.4 is 0 Å². The summed E-state index contributed by atoms with van der Waals surface area (Å²) in [6.07, 6.45) is -23.4. The van der Waals surface area contributed by atoms with E-state index in [1.54, 1.807) is 0 Å². The molecule has 0 radical (unpaired) electrons. The van der Waals surface area contributed by atoms with Crippen LogP contribution in [0.3, 0.4) is 0 Å². The third-order valence-corrected chi connectivity index (χ3v) is 17.6. The molecule has 22 atom stereocenters. The van der Waals surface area contributed by atoms with Gasteiger partial charge >= 0.3 is 23.9 Å². The number of aliphatic hydroxyl groups excluding tert-OH is 16. The molecule has 6 heterocycles. The summed E-state index contributed by atoms with van der Waals surface area (Å²) in [5.74, 6) is -1.84. The van der Waals surface area contributed by atoms with Crippen LogP contribution in [0.4, 0.5) is 0 Å². The average molecular weight is 1130 g/mol. The van der Waals surface area contributed by atoms with Gasteiger partial charge in [0.2, 0.25) is 12.6 Å². The molecule has 72 heavy (non-hydrogen) atoms. The molecule has 420 valence electrons. The summed E-state index contributed by atoms with van der Waals surface area (Å²) in [6.45, 7) is -1.07. The largest absolute Gasteiger partial charge is 0.479 e. The molecule has 0 aromatic rings. The fourth-order valence-electron chi connectivity index (χ4n) is 7.25. The Bertz CT molecular complexity index is 1610. The summed E-state index contributed by atoms with van der Waals surface area (Å²) >= 11 is 0. The highest BCUT2D eigenvalue weighted by molar-refractivity contribution is 8.77. The Balaban J connectivity index is 0.000000265. The second-order valence-corrected chi connectivity index (χ2v) is 22.6. The maximum atomic E-state index is 11.8. The van der Waals surface area contributed by atoms with Crippen molar-refractivity contribution in [3.05, 3.63) is 0 Å². The highest BCUT2D eigenvalue weighted by atomic mass is 33.1. The lowest BCUT2D eigenvalue weighted by Crippen LogP contribution is -2.60. The van der Waals surface area contributed by atoms with Crippen molar-refractivity contribution < 1.29 is 140 Å². The van der Waals surface area contributed by atoms with E-state index in [0.717, 1.165) is 31.4 Å². The van der Waals surface area contributed by atoms with E-state index in [0.29, 0.717) is 23.3 Å². The van der Waals surface area contributed by atoms with Gasteiger partial charge in [-0.3, -0.25) is 9.59 Å². The van der Waals surface area contributed by atoms with Gasteiger partial charge in [0, 0.05) is 34.8 Å². The monoisotopic (exact) mass is 1120 g/mol. The zero-order valence-electron chi connectivity index (χ0n) is 38.4. The van der Waals surface area contributed by atoms with E-state index in [2.05, 4.69) is 9.47 Å². The first-order chi connectivity index (χ1) is 33.9. The predicted molar refractivity (Wildman–Crippen MR) is 247 cm³/mol. The van der Waals surface area contributed by atoms with Crippen molar-refractivity contribution in [3.63, 3.8) is 0 Å². The minimum atomic E-state index is -1.81. The lowest BCUT2D eigenvalue weighted by Gasteiger charge is -2.39. The molecular formula is C40H68O28S4. The van der Waals surface area contributed by atoms with Crippen molar-refractivity contribution in [3.8, 4) is 0 Å². The number of hydrogen-bond donors (Lipinski definition) is 18. The molecule has 6 rings (SSSR count). The van der Waals surface area contributed by atoms with Gasteiger partial charge in [0.15, 0.2) is 24.8 Å². The van der Waals surface area contributed by atoms with Gasteiger partial charge in [0.1, 0.15) is 85.5 Å². The molecule has 0 aromatic carbocycles. The number of carboxylic acid groups (broad SMARTS) is 2. The van der Waals surface area contributed by atoms with Crippen molar-refractivity contribution in [1.82, 2.24) is 0 Å². The van der Waals surface area contributed by atoms with E-state index in [4.69, 9.17) is 80.2 Å². The zero-order valence-corrected chi connectivity index (χ0v) is 41.6. The van der Waals surface area contributed by atoms with E-state index in [1.165, 1.54) is 18.6 Å². The first-order valence-electron chi connectivity index (χ1n) is 22.7. The number of unbranched alkanes of at least 4 members (excludes halogenated alkanes) is 2. The average Bonchev–Trinajstić information content (AvgIpc) is 4.09. The minimum absolute atomic E-state index is 0.119. The number of carbonyl (C=O) groups is 4. The molecule has 0 aromatic heterocycles. The molecule has 28 nitrogen and oxygen atoms in total. The molecule has 0 spiro atoms. The number of hydrogen-bond acceptors (Lipinski definition) is 30. The maximum absolute atomic E-state index is 11.8. The van der Waals surface area contributed by atoms with Gasteiger partial charge in [0.25, 0.3) is 0 Å². The van der Waals surface area contributed by atoms with Gasteiger partial charge in [-0.2, -0.15) is 0 Å². The Kier molecular flexibility index (Phi) is 29.0. The maximum Gasteiger partial charge on any atom is 0.335 e. The topological polar surface area (TPSA) is 488 Å². The van der Waals surface area contributed by atoms with Gasteiger partial charge in [-0.15, -0.1) is 0 Å². The van der Waals surface area contributed by atoms with Crippen molar-refractivity contribution in [2.24, 2.45) is 0 Å². The predicted octanol–water partition coefficient (Wildman–Crippen LogP) is -6.17. The van der Waals surface area contributed by atoms with Crippen LogP contribution in [0.25, 0.3) is 0 Å². The van der Waals surface area contributed by atoms with Gasteiger partial charge in [-0.25, -0.2) is 9.59 Å². The summed E-state index contributed by atoms with van der Waals surface area (Å²) in [5, 5.41) is 166. The molecule has 32 heteroatoms. The van der Waals surface area contributed by atoms with Gasteiger partial charge < -0.3 is 120 Å². The number of aliphatic hydroxyl groups is 16. The van der Waals surface area contributed by atoms with E-state index in [-0.39, 0.29) is 12.8 Å². The number of esters is 2. The molecule has 6 aliphatic rings. The fourth-order valence-corrected chi connectivity index (χ4v) is 13.3. The minimum Gasteiger partial charge on any atom is -0.479 e. The lowest BCUT2D eigenvalue weighted by molar-refractivity contribution is -0.292. The molecule has 18 N–H and O–H groups in total. The number of carbonyl (C=O) groups excluding carboxylic acids is 2. The van der Waals surface area contributed by atoms with Crippen LogP contribution in [0.1, 0.15) is 64.2 Å². The first kappa shape index (κ1) is 64.8. The SMILES string of the molecule is O=C(CCCC[C@@H]1CCSS1)O[C@@H]1OC(C(=O)O)[C@@H](O)[C@H](O)C1O.O=C(CCCC[C@@H]1CCSS1)O[C@@H]1OC(CO)[C@H](O)[C@H](O)C1O.O=C(O)C1O[C@@H](O)C(O)[C@@H](O)[C@@H]1O.OCC1O[C@@H](O)C(O)[C@@H](O)C1O. The van der Waals surface area contributed by atoms with Crippen LogP contribution in [0.15, 0.2) is 0 Å². The summed E-state index contributed by atoms with van der Waals surface area (Å²) < 4.78 is 28.9. The Hall–Kier alpha value is -1.52. The van der Waals surface area contributed by atoms with Crippen molar-refractivity contribution in [2.75, 3.05) is 24.7 Å². The fraction of sp³-hybridized carbons (Fsp3) is 0.900. The molecule has 6 aliphatic heterocycles. The van der Waals surface area contributed by atoms with Crippen LogP contribution in [0.2, 0.25) is 0 Å². The van der Waals surface area contributed by atoms with E-state index in [1.807, 2.05) is 43.2 Å². The van der Waals surface area contributed by atoms with Crippen LogP contribution in [0, 0.1) is 0 Å². The van der Waals surface area contributed by atoms with Crippen LogP contribution >= 0.6 is 43.2 Å². The number of rotatable bonds is 16. The second kappa shape index (κ2) is 32.3. The second-order valence-electron chi connectivity index (χ2n) is 17.0. The quantitative estimate of drug-likeness (QED) is 0.0388. The van der Waals surface area contributed by atoms with Gasteiger partial charge in [0.05, 0.1) is 13.2 Å². The summed E-state index contributed by atoms with van der Waals surface area (Å²) in [7, 11) is 7.53. The van der Waals surface area contributed by atoms with Crippen LogP contribution in [-0.4, -0.2) is 274 Å². The molecule has 0 saturated carbocycles. The normalized spacial score (nSPS) is 40.7. The molecule has 6 fully saturated rings. The van der Waals surface area contributed by atoms with Crippen LogP contribution in [-0.2, 0) is 47.6 Å². The van der Waals surface area contributed by atoms with E-state index >= 15 is 0 Å². The smallest absolute Gasteiger partial charge is 0.335 e. The highest BCUT2D eigenvalue weighted by Gasteiger charge is 2.50. The van der Waals surface area contributed by atoms with Crippen molar-refractivity contribution >= 4 is 67.1 Å². The Morgan fingerprint density at radius 1 is 0.431 bits per heavy atom. The molecule has 9 unspecified atom stereocenters. The van der Waals surface area contributed by atoms with Crippen LogP contribution in [0.5, 0.6) is 0 Å². The summed E-state index contributed by atoms with van der Waals surface area (Å²) in [6, 6.07) is 0. The van der Waals surface area contributed by atoms with Gasteiger partial charge in [-0.1, -0.05) is 56.0 Å². The summed E-state index contributed by atoms with van der Waals surface area (Å²) in [5.41, 5.74) is 0. The van der Waals surface area contributed by atoms with E-state index in [9.17, 15) is 49.8 Å². The molecule has 0 bridgehead atoms. The molecule has 0 amide bonds. The van der Waals surface area contributed by atoms with Gasteiger partial charge in [-0.05, 0) is 38.5 Å². The van der Waals surface area contributed by atoms with Crippen molar-refractivity contribution in [1.29, 1.82) is 0 Å². The number of aliphatic carboxylic acids is 2. The third kappa shape index (κ3) is 19.5. The molecular weight excluding hydrogens is 1060 g/mol. The molecule has 6 saturated heterocycles. The van der Waals surface area contributed by atoms with E-state index < -0.39 is 160 Å². The standard InChI is InChI=1S/C14H22O8S2.C14H24O7S2.C6H10O7.C6H12O6/c15-8(4-2-1-3-7-5-6-23-24-7)21-14-11(18)9(16)10(17)12(22-14)13(19)20;15-7-9-11(17)12(18)13(19)14(20-9)21-10(16)4-2-1-3-8-5-6-22-23-8;7-1-2(8)4(5(10)11)13-6(12)3(1)9;7-1-2-3(8)4(9)5(10)6(11)12-2/h7,9-12,14,16-18H,1-6H2,(H,19,20);8-9,11-15,17-19H,1-7H2;1-4,6-9,12H,(H,10,11);2-11H,1H2/t7-,9+,10+,11?,12?,14-;8-,9?,11+,12+,13?,14+;1-,2-,3?,4?,6+;2?,3?,4-,5?,6+/m1100/s1. The molecule has 0 aliphatic carbocycles. The third-order valence-electron chi connectivity index (χ3n) is 11.6. The zero-order chi connectivity index (χ0) is 54.0. The number of ether oxygens (including phenoxy) is 6. The number of carboxylic acids is 2. The summed E-state index contributed by atoms with van der Waals surface area (Å²) in [4.78, 5) is 44.9. The first-order valence-corrected chi connectivity index (χ1v) is 27.5. The Morgan fingerprint density at radius 2 is 0.792 bits per heavy atom. The highest BCUT2D eigenvalue weighted by Crippen LogP contribution is 2.41. The van der Waals surface area contributed by atoms with Crippen molar-refractivity contribution in [2.45, 2.75) is 198 Å². The Morgan fingerprint density at radius 3 is 1.19 bits per heavy atom. The Labute approximate surface area is 427 Å².